The third-order valence-corrected chi connectivity index (χ3v) is 9.91. The molecule has 3 amide bonds. The van der Waals surface area contributed by atoms with Gasteiger partial charge in [-0.15, -0.1) is 11.8 Å². The highest BCUT2D eigenvalue weighted by Crippen LogP contribution is 2.71. The summed E-state index contributed by atoms with van der Waals surface area (Å²) in [4.78, 5) is 43.1. The number of carbonyl (C=O) groups is 3. The third kappa shape index (κ3) is 4.28. The van der Waals surface area contributed by atoms with Crippen LogP contribution in [0.15, 0.2) is 24.3 Å². The lowest BCUT2D eigenvalue weighted by molar-refractivity contribution is -0.143. The predicted octanol–water partition coefficient (Wildman–Crippen LogP) is 3.05. The number of fused-ring (bicyclic) bond motifs is 1. The minimum atomic E-state index is -0.730. The van der Waals surface area contributed by atoms with Gasteiger partial charge in [0.05, 0.1) is 35.8 Å². The van der Waals surface area contributed by atoms with Crippen LogP contribution in [0.25, 0.3) is 0 Å². The summed E-state index contributed by atoms with van der Waals surface area (Å²) in [6.45, 7) is 12.0. The molecule has 1 spiro atoms. The predicted molar refractivity (Wildman–Crippen MR) is 141 cm³/mol. The fourth-order valence-electron chi connectivity index (χ4n) is 6.43. The molecule has 3 aliphatic heterocycles. The minimum absolute atomic E-state index is 0.0440. The summed E-state index contributed by atoms with van der Waals surface area (Å²) in [6, 6.07) is 5.89. The molecule has 2 bridgehead atoms. The minimum Gasteiger partial charge on any atom is -0.494 e. The van der Waals surface area contributed by atoms with Gasteiger partial charge in [0.15, 0.2) is 0 Å². The van der Waals surface area contributed by atoms with Gasteiger partial charge in [-0.25, -0.2) is 0 Å². The number of thioether (sulfide) groups is 1. The van der Waals surface area contributed by atoms with Crippen LogP contribution in [0, 0.1) is 17.8 Å². The number of aliphatic hydroxyl groups excluding tert-OH is 1. The molecule has 4 rings (SSSR count). The standard InChI is InChI=1S/C27H39N3O5S/c1-7-35-18-10-8-17(9-11-18)29-23(32)20-21-25(34)30(19(14-31)15(2)3)22(24(33)28-16(4)5)27(21)13-12-26(20,6)36-27/h8-11,15-16,19-22,31H,7,12-14H2,1-6H3,(H,28,33)(H,29,32)/t19-,20-,21-,22?,26+,27?/m0/s1. The molecule has 198 valence electrons. The zero-order valence-corrected chi connectivity index (χ0v) is 22.9. The number of nitrogens with one attached hydrogen (secondary N) is 2. The fraction of sp³-hybridized carbons (Fsp3) is 0.667. The van der Waals surface area contributed by atoms with Crippen molar-refractivity contribution in [1.82, 2.24) is 10.2 Å². The molecule has 0 aliphatic carbocycles. The lowest BCUT2D eigenvalue weighted by Crippen LogP contribution is -2.58. The molecule has 6 atom stereocenters. The molecule has 2 unspecified atom stereocenters. The second-order valence-corrected chi connectivity index (χ2v) is 13.0. The third-order valence-electron chi connectivity index (χ3n) is 7.92. The van der Waals surface area contributed by atoms with Crippen molar-refractivity contribution in [2.24, 2.45) is 17.8 Å². The number of benzene rings is 1. The Balaban J connectivity index is 1.70. The molecule has 3 heterocycles. The van der Waals surface area contributed by atoms with Crippen molar-refractivity contribution in [2.75, 3.05) is 18.5 Å². The number of amides is 3. The van der Waals surface area contributed by atoms with Crippen molar-refractivity contribution in [2.45, 2.75) is 82.0 Å². The van der Waals surface area contributed by atoms with Crippen LogP contribution in [-0.2, 0) is 14.4 Å². The number of hydrogen-bond acceptors (Lipinski definition) is 6. The Labute approximate surface area is 217 Å². The van der Waals surface area contributed by atoms with Crippen molar-refractivity contribution in [3.8, 4) is 5.75 Å². The maximum absolute atomic E-state index is 14.1. The molecule has 3 aliphatic rings. The van der Waals surface area contributed by atoms with Gasteiger partial charge in [0.2, 0.25) is 17.7 Å². The van der Waals surface area contributed by atoms with E-state index in [9.17, 15) is 19.5 Å². The summed E-state index contributed by atoms with van der Waals surface area (Å²) in [5, 5.41) is 16.3. The summed E-state index contributed by atoms with van der Waals surface area (Å²) in [7, 11) is 0. The molecule has 8 nitrogen and oxygen atoms in total. The van der Waals surface area contributed by atoms with Crippen LogP contribution in [0.4, 0.5) is 5.69 Å². The summed E-state index contributed by atoms with van der Waals surface area (Å²) >= 11 is 1.63. The number of nitrogens with zero attached hydrogens (tertiary/aromatic N) is 1. The van der Waals surface area contributed by atoms with Crippen LogP contribution in [0.1, 0.15) is 54.4 Å². The van der Waals surface area contributed by atoms with Gasteiger partial charge in [-0.05, 0) is 70.7 Å². The van der Waals surface area contributed by atoms with E-state index in [2.05, 4.69) is 10.6 Å². The van der Waals surface area contributed by atoms with E-state index in [0.29, 0.717) is 18.7 Å². The van der Waals surface area contributed by atoms with E-state index in [4.69, 9.17) is 4.74 Å². The van der Waals surface area contributed by atoms with Crippen LogP contribution in [0.2, 0.25) is 0 Å². The van der Waals surface area contributed by atoms with E-state index in [1.807, 2.05) is 41.5 Å². The average molecular weight is 518 g/mol. The number of likely N-dealkylation sites (tertiary alicyclic amines) is 1. The molecule has 9 heteroatoms. The van der Waals surface area contributed by atoms with Gasteiger partial charge in [0.1, 0.15) is 11.8 Å². The van der Waals surface area contributed by atoms with E-state index in [-0.39, 0.29) is 36.3 Å². The second-order valence-electron chi connectivity index (χ2n) is 11.1. The molecule has 0 saturated carbocycles. The molecule has 3 saturated heterocycles. The normalized spacial score (nSPS) is 31.6. The van der Waals surface area contributed by atoms with Gasteiger partial charge in [0, 0.05) is 16.5 Å². The summed E-state index contributed by atoms with van der Waals surface area (Å²) in [6.07, 6.45) is 1.42. The maximum atomic E-state index is 14.1. The first kappa shape index (κ1) is 26.8. The quantitative estimate of drug-likeness (QED) is 0.465. The Hall–Kier alpha value is -2.26. The fourth-order valence-corrected chi connectivity index (χ4v) is 8.77. The smallest absolute Gasteiger partial charge is 0.244 e. The maximum Gasteiger partial charge on any atom is 0.244 e. The van der Waals surface area contributed by atoms with Crippen LogP contribution >= 0.6 is 11.8 Å². The number of ether oxygens (including phenoxy) is 1. The Morgan fingerprint density at radius 1 is 1.17 bits per heavy atom. The highest BCUT2D eigenvalue weighted by molar-refractivity contribution is 8.02. The molecule has 36 heavy (non-hydrogen) atoms. The van der Waals surface area contributed by atoms with Crippen molar-refractivity contribution in [1.29, 1.82) is 0 Å². The zero-order valence-electron chi connectivity index (χ0n) is 22.0. The highest BCUT2D eigenvalue weighted by atomic mass is 32.2. The van der Waals surface area contributed by atoms with E-state index >= 15 is 0 Å². The van der Waals surface area contributed by atoms with Gasteiger partial charge in [0.25, 0.3) is 0 Å². The van der Waals surface area contributed by atoms with Gasteiger partial charge >= 0.3 is 0 Å². The topological polar surface area (TPSA) is 108 Å². The number of aliphatic hydroxyl groups is 1. The first-order valence-electron chi connectivity index (χ1n) is 13.0. The average Bonchev–Trinajstić information content (AvgIpc) is 3.36. The van der Waals surface area contributed by atoms with Gasteiger partial charge in [-0.1, -0.05) is 13.8 Å². The molecule has 3 fully saturated rings. The SMILES string of the molecule is CCOc1ccc(NC(=O)[C@@H]2[C@H]3C(=O)N([C@@H](CO)C(C)C)C(C(=O)NC(C)C)C34CC[C@@]2(C)S4)cc1. The van der Waals surface area contributed by atoms with E-state index in [1.165, 1.54) is 0 Å². The van der Waals surface area contributed by atoms with Gasteiger partial charge in [-0.2, -0.15) is 0 Å². The lowest BCUT2D eigenvalue weighted by Gasteiger charge is -2.38. The van der Waals surface area contributed by atoms with Gasteiger partial charge in [-0.3, -0.25) is 14.4 Å². The Morgan fingerprint density at radius 3 is 2.39 bits per heavy atom. The number of rotatable bonds is 9. The monoisotopic (exact) mass is 517 g/mol. The zero-order chi connectivity index (χ0) is 26.4. The summed E-state index contributed by atoms with van der Waals surface area (Å²) < 4.78 is 4.34. The van der Waals surface area contributed by atoms with E-state index in [1.54, 1.807) is 40.9 Å². The summed E-state index contributed by atoms with van der Waals surface area (Å²) in [5.74, 6) is -1.14. The van der Waals surface area contributed by atoms with Crippen molar-refractivity contribution >= 4 is 35.2 Å². The van der Waals surface area contributed by atoms with Crippen molar-refractivity contribution < 1.29 is 24.2 Å². The van der Waals surface area contributed by atoms with Gasteiger partial charge < -0.3 is 25.4 Å². The molecular formula is C27H39N3O5S. The van der Waals surface area contributed by atoms with Crippen LogP contribution in [-0.4, -0.2) is 68.6 Å². The molecule has 0 radical (unpaired) electrons. The first-order chi connectivity index (χ1) is 17.0. The van der Waals surface area contributed by atoms with Crippen LogP contribution < -0.4 is 15.4 Å². The Morgan fingerprint density at radius 2 is 1.83 bits per heavy atom. The van der Waals surface area contributed by atoms with Crippen LogP contribution in [0.3, 0.4) is 0 Å². The Bertz CT molecular complexity index is 1020. The van der Waals surface area contributed by atoms with E-state index < -0.39 is 33.4 Å². The van der Waals surface area contributed by atoms with Crippen molar-refractivity contribution in [3.05, 3.63) is 24.3 Å². The molecule has 3 N–H and O–H groups in total. The lowest BCUT2D eigenvalue weighted by atomic mass is 9.66. The largest absolute Gasteiger partial charge is 0.494 e. The van der Waals surface area contributed by atoms with E-state index in [0.717, 1.165) is 12.2 Å². The summed E-state index contributed by atoms with van der Waals surface area (Å²) in [5.41, 5.74) is 0.640. The molecular weight excluding hydrogens is 478 g/mol. The molecule has 1 aromatic carbocycles. The Kier molecular flexibility index (Phi) is 7.36. The van der Waals surface area contributed by atoms with Crippen molar-refractivity contribution in [3.63, 3.8) is 0 Å². The highest BCUT2D eigenvalue weighted by Gasteiger charge is 2.77. The second kappa shape index (κ2) is 9.89. The molecule has 1 aromatic rings. The first-order valence-corrected chi connectivity index (χ1v) is 13.8. The van der Waals surface area contributed by atoms with Crippen LogP contribution in [0.5, 0.6) is 5.75 Å². The number of carbonyl (C=O) groups excluding carboxylic acids is 3. The number of anilines is 1. The molecule has 0 aromatic heterocycles. The number of hydrogen-bond donors (Lipinski definition) is 3.